The number of rotatable bonds is 30. The molecule has 0 aliphatic carbocycles. The van der Waals surface area contributed by atoms with Crippen LogP contribution in [0.4, 0.5) is 0 Å². The first kappa shape index (κ1) is 53.6. The van der Waals surface area contributed by atoms with Crippen LogP contribution in [-0.4, -0.2) is 90.8 Å². The van der Waals surface area contributed by atoms with Crippen LogP contribution in [0.25, 0.3) is 0 Å². The molecule has 1 aliphatic rings. The van der Waals surface area contributed by atoms with Crippen LogP contribution in [0, 0.1) is 0 Å². The van der Waals surface area contributed by atoms with Gasteiger partial charge in [-0.3, -0.25) is 4.79 Å². The summed E-state index contributed by atoms with van der Waals surface area (Å²) in [5, 5.41) is 12.8. The zero-order valence-corrected chi connectivity index (χ0v) is 39.6. The van der Waals surface area contributed by atoms with E-state index in [0.29, 0.717) is 6.42 Å². The normalized spacial score (nSPS) is 18.0. The number of unbranched alkanes of at least 4 members (excludes halogenated alkanes) is 14. The summed E-state index contributed by atoms with van der Waals surface area (Å²) in [5.74, 6) is -5.36. The Kier molecular flexibility index (Phi) is 23.4. The molecule has 1 aliphatic heterocycles. The van der Waals surface area contributed by atoms with Gasteiger partial charge in [0, 0.05) is 6.42 Å². The van der Waals surface area contributed by atoms with Crippen molar-refractivity contribution >= 4 is 35.8 Å². The van der Waals surface area contributed by atoms with Gasteiger partial charge in [-0.15, -0.1) is 0 Å². The Morgan fingerprint density at radius 3 is 1.30 bits per heavy atom. The Bertz CT molecular complexity index is 2160. The second kappa shape index (κ2) is 30.2. The quantitative estimate of drug-likeness (QED) is 0.0286. The average Bonchev–Trinajstić information content (AvgIpc) is 3.37. The Hall–Kier alpha value is -6.38. The van der Waals surface area contributed by atoms with Gasteiger partial charge < -0.3 is 38.8 Å². The number of carboxylic acids is 1. The minimum Gasteiger partial charge on any atom is -0.480 e. The molecule has 6 atom stereocenters. The molecule has 14 nitrogen and oxygen atoms in total. The van der Waals surface area contributed by atoms with Gasteiger partial charge in [0.05, 0.1) is 28.9 Å². The second-order valence-electron chi connectivity index (χ2n) is 17.2. The smallest absolute Gasteiger partial charge is 0.338 e. The van der Waals surface area contributed by atoms with Crippen molar-refractivity contribution in [3.63, 3.8) is 0 Å². The highest BCUT2D eigenvalue weighted by Crippen LogP contribution is 2.32. The van der Waals surface area contributed by atoms with Crippen molar-refractivity contribution in [2.75, 3.05) is 13.2 Å². The number of aliphatic carboxylic acids is 1. The van der Waals surface area contributed by atoms with E-state index < -0.39 is 85.7 Å². The molecule has 0 radical (unpaired) electrons. The van der Waals surface area contributed by atoms with Crippen LogP contribution in [0.5, 0.6) is 0 Å². The number of carbonyl (C=O) groups excluding carboxylic acids is 5. The fourth-order valence-electron chi connectivity index (χ4n) is 7.95. The topological polar surface area (TPSA) is 190 Å². The lowest BCUT2D eigenvalue weighted by atomic mass is 9.97. The van der Waals surface area contributed by atoms with Gasteiger partial charge in [0.15, 0.2) is 30.6 Å². The summed E-state index contributed by atoms with van der Waals surface area (Å²) in [6, 6.07) is 30.2. The molecule has 1 amide bonds. The van der Waals surface area contributed by atoms with Gasteiger partial charge in [-0.05, 0) is 55.0 Å². The van der Waals surface area contributed by atoms with Gasteiger partial charge in [-0.2, -0.15) is 0 Å². The fourth-order valence-corrected chi connectivity index (χ4v) is 7.95. The van der Waals surface area contributed by atoms with Crippen molar-refractivity contribution in [3.8, 4) is 0 Å². The van der Waals surface area contributed by atoms with Crippen molar-refractivity contribution in [1.29, 1.82) is 0 Å². The van der Waals surface area contributed by atoms with E-state index in [1.807, 2.05) is 0 Å². The van der Waals surface area contributed by atoms with E-state index in [0.717, 1.165) is 25.7 Å². The molecule has 1 fully saturated rings. The third-order valence-electron chi connectivity index (χ3n) is 11.8. The monoisotopic (exact) mass is 949 g/mol. The molecule has 69 heavy (non-hydrogen) atoms. The summed E-state index contributed by atoms with van der Waals surface area (Å²) >= 11 is 0. The van der Waals surface area contributed by atoms with Crippen molar-refractivity contribution in [1.82, 2.24) is 5.32 Å². The predicted molar refractivity (Wildman–Crippen MR) is 257 cm³/mol. The van der Waals surface area contributed by atoms with Crippen molar-refractivity contribution in [2.45, 2.75) is 146 Å². The number of ether oxygens (including phenoxy) is 6. The van der Waals surface area contributed by atoms with E-state index in [1.54, 1.807) is 72.8 Å². The SMILES string of the molecule is CCCCCCCCCCCCCCCCCC(=O)NC(CO[C@@H]1O[C@H](COC(=O)c2ccccc2)[C@H](OC(=O)c2ccccc2)[C@H](OC(=O)c2ccccc2)[C@H]1OC(=O)c1ccccc1)C(=O)O. The number of nitrogens with one attached hydrogen (secondary N) is 1. The highest BCUT2D eigenvalue weighted by atomic mass is 16.7. The van der Waals surface area contributed by atoms with Crippen molar-refractivity contribution < 1.29 is 62.3 Å². The van der Waals surface area contributed by atoms with Crippen LogP contribution >= 0.6 is 0 Å². The first-order valence-electron chi connectivity index (χ1n) is 24.4. The maximum absolute atomic E-state index is 13.9. The lowest BCUT2D eigenvalue weighted by Crippen LogP contribution is -2.63. The Balaban J connectivity index is 1.30. The Morgan fingerprint density at radius 2 is 0.884 bits per heavy atom. The summed E-state index contributed by atoms with van der Waals surface area (Å²) in [5.41, 5.74) is 0.504. The molecule has 0 saturated carbocycles. The molecule has 4 aromatic rings. The van der Waals surface area contributed by atoms with Crippen LogP contribution < -0.4 is 5.32 Å². The summed E-state index contributed by atoms with van der Waals surface area (Å²) < 4.78 is 36.2. The van der Waals surface area contributed by atoms with E-state index in [2.05, 4.69) is 12.2 Å². The molecule has 0 aromatic heterocycles. The van der Waals surface area contributed by atoms with Crippen LogP contribution in [0.2, 0.25) is 0 Å². The number of esters is 4. The van der Waals surface area contributed by atoms with Gasteiger partial charge in [0.1, 0.15) is 12.7 Å². The molecule has 1 heterocycles. The third kappa shape index (κ3) is 18.6. The van der Waals surface area contributed by atoms with Gasteiger partial charge >= 0.3 is 29.8 Å². The molecule has 2 N–H and O–H groups in total. The maximum atomic E-state index is 13.9. The molecule has 0 spiro atoms. The molecule has 5 rings (SSSR count). The highest BCUT2D eigenvalue weighted by molar-refractivity contribution is 5.91. The van der Waals surface area contributed by atoms with Gasteiger partial charge in [-0.25, -0.2) is 24.0 Å². The first-order chi connectivity index (χ1) is 33.6. The van der Waals surface area contributed by atoms with Gasteiger partial charge in [0.25, 0.3) is 0 Å². The van der Waals surface area contributed by atoms with E-state index in [4.69, 9.17) is 28.4 Å². The van der Waals surface area contributed by atoms with E-state index in [1.165, 1.54) is 113 Å². The zero-order chi connectivity index (χ0) is 49.1. The molecular weight excluding hydrogens is 883 g/mol. The summed E-state index contributed by atoms with van der Waals surface area (Å²) in [7, 11) is 0. The average molecular weight is 950 g/mol. The molecule has 1 unspecified atom stereocenters. The van der Waals surface area contributed by atoms with E-state index in [-0.39, 0.29) is 28.7 Å². The fraction of sp³-hybridized carbons (Fsp3) is 0.455. The van der Waals surface area contributed by atoms with Crippen LogP contribution in [0.15, 0.2) is 121 Å². The standard InChI is InChI=1S/C55H67NO13/c1-2-3-4-5-6-7-8-9-10-11-12-13-14-15-28-37-46(57)56-44(50(58)59)38-65-55-49(69-54(63)43-35-26-19-27-36-43)48(68-53(62)42-33-24-18-25-34-42)47(67-52(61)41-31-22-17-23-32-41)45(66-55)39-64-51(60)40-29-20-16-21-30-40/h16-27,29-36,44-45,47-49,55H,2-15,28,37-39H2,1H3,(H,56,57)(H,58,59)/t44?,45-,47+,48+,49-,55-/m1/s1. The second-order valence-corrected chi connectivity index (χ2v) is 17.2. The first-order valence-corrected chi connectivity index (χ1v) is 24.4. The predicted octanol–water partition coefficient (Wildman–Crippen LogP) is 10.1. The zero-order valence-electron chi connectivity index (χ0n) is 39.6. The number of amides is 1. The molecule has 0 bridgehead atoms. The maximum Gasteiger partial charge on any atom is 0.338 e. The minimum atomic E-state index is -1.74. The lowest BCUT2D eigenvalue weighted by Gasteiger charge is -2.44. The van der Waals surface area contributed by atoms with Crippen LogP contribution in [0.1, 0.15) is 151 Å². The van der Waals surface area contributed by atoms with E-state index >= 15 is 0 Å². The number of hydrogen-bond donors (Lipinski definition) is 2. The summed E-state index contributed by atoms with van der Waals surface area (Å²) in [6.07, 6.45) is 9.34. The summed E-state index contributed by atoms with van der Waals surface area (Å²) in [6.45, 7) is 0.935. The molecule has 370 valence electrons. The van der Waals surface area contributed by atoms with Crippen LogP contribution in [0.3, 0.4) is 0 Å². The summed E-state index contributed by atoms with van der Waals surface area (Å²) in [4.78, 5) is 80.5. The third-order valence-corrected chi connectivity index (χ3v) is 11.8. The molecule has 1 saturated heterocycles. The molecule has 4 aromatic carbocycles. The van der Waals surface area contributed by atoms with Crippen molar-refractivity contribution in [3.05, 3.63) is 144 Å². The minimum absolute atomic E-state index is 0.0932. The lowest BCUT2D eigenvalue weighted by molar-refractivity contribution is -0.299. The Labute approximate surface area is 405 Å². The van der Waals surface area contributed by atoms with Gasteiger partial charge in [-0.1, -0.05) is 170 Å². The number of benzene rings is 4. The number of carboxylic acid groups (broad SMARTS) is 1. The number of carbonyl (C=O) groups is 6. The highest BCUT2D eigenvalue weighted by Gasteiger charge is 2.54. The van der Waals surface area contributed by atoms with Crippen LogP contribution in [-0.2, 0) is 38.0 Å². The molecule has 14 heteroatoms. The van der Waals surface area contributed by atoms with E-state index in [9.17, 15) is 33.9 Å². The van der Waals surface area contributed by atoms with Crippen molar-refractivity contribution in [2.24, 2.45) is 0 Å². The largest absolute Gasteiger partial charge is 0.480 e. The molecular formula is C55H67NO13. The number of hydrogen-bond acceptors (Lipinski definition) is 12. The Morgan fingerprint density at radius 1 is 0.507 bits per heavy atom. The van der Waals surface area contributed by atoms with Gasteiger partial charge in [0.2, 0.25) is 5.91 Å².